The van der Waals surface area contributed by atoms with Crippen LogP contribution in [-0.2, 0) is 17.6 Å². The van der Waals surface area contributed by atoms with Crippen LogP contribution < -0.4 is 11.1 Å². The van der Waals surface area contributed by atoms with E-state index in [-0.39, 0.29) is 5.91 Å². The van der Waals surface area contributed by atoms with E-state index in [1.807, 2.05) is 30.3 Å². The van der Waals surface area contributed by atoms with Crippen LogP contribution in [-0.4, -0.2) is 12.5 Å². The van der Waals surface area contributed by atoms with Gasteiger partial charge in [-0.15, -0.1) is 11.3 Å². The van der Waals surface area contributed by atoms with Crippen molar-refractivity contribution < 1.29 is 4.79 Å². The fourth-order valence-corrected chi connectivity index (χ4v) is 3.39. The number of carbonyl (C=O) groups is 1. The summed E-state index contributed by atoms with van der Waals surface area (Å²) in [6.07, 6.45) is 2.03. The van der Waals surface area contributed by atoms with E-state index in [1.54, 1.807) is 11.3 Å². The standard InChI is InChI=1S/C15H17BrN2OS/c16-14-7-6-12(20-14)9-10-18-15(19)8-5-11-3-1-2-4-13(11)17/h1-4,6-7H,5,8-10,17H2,(H,18,19). The summed E-state index contributed by atoms with van der Waals surface area (Å²) >= 11 is 5.13. The van der Waals surface area contributed by atoms with Crippen LogP contribution in [0.5, 0.6) is 0 Å². The van der Waals surface area contributed by atoms with Gasteiger partial charge in [-0.2, -0.15) is 0 Å². The number of carbonyl (C=O) groups excluding carboxylic acids is 1. The Kier molecular flexibility index (Phi) is 5.61. The maximum Gasteiger partial charge on any atom is 0.220 e. The van der Waals surface area contributed by atoms with Crippen molar-refractivity contribution in [1.29, 1.82) is 0 Å². The molecular formula is C15H17BrN2OS. The predicted molar refractivity (Wildman–Crippen MR) is 87.9 cm³/mol. The van der Waals surface area contributed by atoms with Gasteiger partial charge in [0.2, 0.25) is 5.91 Å². The summed E-state index contributed by atoms with van der Waals surface area (Å²) in [5.41, 5.74) is 7.64. The lowest BCUT2D eigenvalue weighted by atomic mass is 10.1. The maximum atomic E-state index is 11.8. The van der Waals surface area contributed by atoms with Gasteiger partial charge in [0, 0.05) is 23.5 Å². The highest BCUT2D eigenvalue weighted by Gasteiger charge is 2.04. The summed E-state index contributed by atoms with van der Waals surface area (Å²) in [5, 5.41) is 2.94. The number of hydrogen-bond donors (Lipinski definition) is 2. The molecule has 1 amide bonds. The molecule has 0 saturated heterocycles. The molecule has 0 bridgehead atoms. The van der Waals surface area contributed by atoms with Gasteiger partial charge in [-0.25, -0.2) is 0 Å². The maximum absolute atomic E-state index is 11.8. The SMILES string of the molecule is Nc1ccccc1CCC(=O)NCCc1ccc(Br)s1. The first-order valence-corrected chi connectivity index (χ1v) is 8.10. The Morgan fingerprint density at radius 1 is 1.20 bits per heavy atom. The van der Waals surface area contributed by atoms with Crippen LogP contribution in [0.15, 0.2) is 40.2 Å². The van der Waals surface area contributed by atoms with E-state index in [9.17, 15) is 4.79 Å². The zero-order valence-electron chi connectivity index (χ0n) is 11.1. The van der Waals surface area contributed by atoms with Gasteiger partial charge >= 0.3 is 0 Å². The summed E-state index contributed by atoms with van der Waals surface area (Å²) < 4.78 is 1.12. The zero-order valence-corrected chi connectivity index (χ0v) is 13.5. The fourth-order valence-electron chi connectivity index (χ4n) is 1.91. The molecule has 20 heavy (non-hydrogen) atoms. The van der Waals surface area contributed by atoms with Gasteiger partial charge < -0.3 is 11.1 Å². The average molecular weight is 353 g/mol. The molecule has 0 aliphatic carbocycles. The minimum absolute atomic E-state index is 0.0730. The van der Waals surface area contributed by atoms with Crippen molar-refractivity contribution >= 4 is 38.9 Å². The molecule has 0 fully saturated rings. The Bertz CT molecular complexity index is 583. The quantitative estimate of drug-likeness (QED) is 0.783. The van der Waals surface area contributed by atoms with Crippen molar-refractivity contribution in [3.05, 3.63) is 50.6 Å². The lowest BCUT2D eigenvalue weighted by Gasteiger charge is -2.06. The van der Waals surface area contributed by atoms with Crippen LogP contribution in [0.3, 0.4) is 0 Å². The minimum atomic E-state index is 0.0730. The van der Waals surface area contributed by atoms with E-state index >= 15 is 0 Å². The molecule has 0 spiro atoms. The molecule has 3 N–H and O–H groups in total. The highest BCUT2D eigenvalue weighted by atomic mass is 79.9. The molecule has 1 aromatic carbocycles. The summed E-state index contributed by atoms with van der Waals surface area (Å²) in [5.74, 6) is 0.0730. The Labute approximate surface area is 131 Å². The highest BCUT2D eigenvalue weighted by Crippen LogP contribution is 2.22. The van der Waals surface area contributed by atoms with Crippen molar-refractivity contribution in [2.75, 3.05) is 12.3 Å². The first-order chi connectivity index (χ1) is 9.65. The number of nitrogen functional groups attached to an aromatic ring is 1. The first-order valence-electron chi connectivity index (χ1n) is 6.49. The number of thiophene rings is 1. The number of amides is 1. The smallest absolute Gasteiger partial charge is 0.220 e. The molecule has 1 heterocycles. The Balaban J connectivity index is 1.69. The van der Waals surface area contributed by atoms with Crippen molar-refractivity contribution in [3.8, 4) is 0 Å². The molecule has 106 valence electrons. The third kappa shape index (κ3) is 4.65. The molecule has 0 atom stereocenters. The zero-order chi connectivity index (χ0) is 14.4. The number of anilines is 1. The normalized spacial score (nSPS) is 10.4. The molecule has 3 nitrogen and oxygen atoms in total. The number of hydrogen-bond acceptors (Lipinski definition) is 3. The summed E-state index contributed by atoms with van der Waals surface area (Å²) in [6.45, 7) is 0.677. The van der Waals surface area contributed by atoms with Crippen LogP contribution in [0.4, 0.5) is 5.69 Å². The van der Waals surface area contributed by atoms with Crippen molar-refractivity contribution in [2.45, 2.75) is 19.3 Å². The number of rotatable bonds is 6. The molecule has 0 unspecified atom stereocenters. The Morgan fingerprint density at radius 2 is 2.00 bits per heavy atom. The molecular weight excluding hydrogens is 336 g/mol. The van der Waals surface area contributed by atoms with E-state index in [4.69, 9.17) is 5.73 Å². The monoisotopic (exact) mass is 352 g/mol. The molecule has 2 rings (SSSR count). The molecule has 0 radical (unpaired) electrons. The number of nitrogens with two attached hydrogens (primary N) is 1. The number of halogens is 1. The Hall–Kier alpha value is -1.33. The van der Waals surface area contributed by atoms with Gasteiger partial charge in [0.15, 0.2) is 0 Å². The fraction of sp³-hybridized carbons (Fsp3) is 0.267. The van der Waals surface area contributed by atoms with Crippen molar-refractivity contribution in [2.24, 2.45) is 0 Å². The van der Waals surface area contributed by atoms with Crippen LogP contribution in [0.1, 0.15) is 16.9 Å². The number of nitrogens with one attached hydrogen (secondary N) is 1. The molecule has 5 heteroatoms. The third-order valence-electron chi connectivity index (χ3n) is 3.00. The number of aryl methyl sites for hydroxylation is 1. The average Bonchev–Trinajstić information content (AvgIpc) is 2.83. The molecule has 2 aromatic rings. The van der Waals surface area contributed by atoms with Crippen LogP contribution in [0, 0.1) is 0 Å². The van der Waals surface area contributed by atoms with E-state index in [2.05, 4.69) is 27.3 Å². The lowest BCUT2D eigenvalue weighted by Crippen LogP contribution is -2.25. The predicted octanol–water partition coefficient (Wildman–Crippen LogP) is 3.38. The van der Waals surface area contributed by atoms with E-state index < -0.39 is 0 Å². The van der Waals surface area contributed by atoms with Gasteiger partial charge in [0.25, 0.3) is 0 Å². The topological polar surface area (TPSA) is 55.1 Å². The van der Waals surface area contributed by atoms with E-state index in [1.165, 1.54) is 4.88 Å². The van der Waals surface area contributed by atoms with Crippen LogP contribution in [0.25, 0.3) is 0 Å². The van der Waals surface area contributed by atoms with Gasteiger partial charge in [0.05, 0.1) is 3.79 Å². The molecule has 0 aliphatic rings. The summed E-state index contributed by atoms with van der Waals surface area (Å²) in [7, 11) is 0. The van der Waals surface area contributed by atoms with E-state index in [0.717, 1.165) is 21.5 Å². The highest BCUT2D eigenvalue weighted by molar-refractivity contribution is 9.11. The lowest BCUT2D eigenvalue weighted by molar-refractivity contribution is -0.121. The summed E-state index contributed by atoms with van der Waals surface area (Å²) in [6, 6.07) is 11.8. The Morgan fingerprint density at radius 3 is 2.70 bits per heavy atom. The van der Waals surface area contributed by atoms with Gasteiger partial charge in [-0.3, -0.25) is 4.79 Å². The second-order valence-electron chi connectivity index (χ2n) is 4.50. The number of para-hydroxylation sites is 1. The van der Waals surface area contributed by atoms with Gasteiger partial charge in [0.1, 0.15) is 0 Å². The van der Waals surface area contributed by atoms with E-state index in [0.29, 0.717) is 19.4 Å². The second kappa shape index (κ2) is 7.45. The van der Waals surface area contributed by atoms with Gasteiger partial charge in [-0.05, 0) is 52.5 Å². The molecule has 1 aromatic heterocycles. The second-order valence-corrected chi connectivity index (χ2v) is 7.05. The molecule has 0 aliphatic heterocycles. The van der Waals surface area contributed by atoms with Gasteiger partial charge in [-0.1, -0.05) is 18.2 Å². The van der Waals surface area contributed by atoms with Crippen LogP contribution >= 0.6 is 27.3 Å². The summed E-state index contributed by atoms with van der Waals surface area (Å²) in [4.78, 5) is 13.0. The van der Waals surface area contributed by atoms with Crippen molar-refractivity contribution in [3.63, 3.8) is 0 Å². The largest absolute Gasteiger partial charge is 0.399 e. The molecule has 0 saturated carbocycles. The first kappa shape index (κ1) is 15.1. The van der Waals surface area contributed by atoms with Crippen molar-refractivity contribution in [1.82, 2.24) is 5.32 Å². The third-order valence-corrected chi connectivity index (χ3v) is 4.68. The number of benzene rings is 1. The van der Waals surface area contributed by atoms with Crippen LogP contribution in [0.2, 0.25) is 0 Å². The minimum Gasteiger partial charge on any atom is -0.399 e.